The Kier molecular flexibility index (Phi) is 5.73. The molecule has 0 aliphatic heterocycles. The second-order valence-corrected chi connectivity index (χ2v) is 14.5. The third kappa shape index (κ3) is 2.95. The van der Waals surface area contributed by atoms with Crippen molar-refractivity contribution in [2.24, 2.45) is 56.7 Å². The average molecular weight is 489 g/mol. The summed E-state index contributed by atoms with van der Waals surface area (Å²) in [5.74, 6) is 0.828. The van der Waals surface area contributed by atoms with Crippen molar-refractivity contribution in [2.45, 2.75) is 105 Å². The van der Waals surface area contributed by atoms with E-state index in [1.807, 2.05) is 6.92 Å². The number of carboxylic acids is 1. The molecule has 0 bridgehead atoms. The van der Waals surface area contributed by atoms with Crippen molar-refractivity contribution in [3.8, 4) is 0 Å². The van der Waals surface area contributed by atoms with Crippen LogP contribution in [0.25, 0.3) is 0 Å². The minimum Gasteiger partial charge on any atom is -0.481 e. The third-order valence-corrected chi connectivity index (χ3v) is 13.5. The molecule has 0 amide bonds. The SMILES string of the molecule is CC1CCC2(C(=O)O)CCC3(C)C(=CCC4C5(C)CC(O)C(O)C(C)(CO)C5CCC43C)C2C1C. The molecule has 4 saturated carbocycles. The number of hydrogen-bond donors (Lipinski definition) is 4. The number of aliphatic carboxylic acids is 1. The molecule has 4 fully saturated rings. The monoisotopic (exact) mass is 488 g/mol. The first-order valence-electron chi connectivity index (χ1n) is 14.1. The van der Waals surface area contributed by atoms with E-state index >= 15 is 0 Å². The van der Waals surface area contributed by atoms with Crippen LogP contribution in [-0.4, -0.2) is 45.2 Å². The molecular weight excluding hydrogens is 440 g/mol. The number of rotatable bonds is 2. The average Bonchev–Trinajstić information content (AvgIpc) is 2.80. The van der Waals surface area contributed by atoms with Crippen LogP contribution in [0.15, 0.2) is 11.6 Å². The van der Waals surface area contributed by atoms with E-state index in [2.05, 4.69) is 40.7 Å². The van der Waals surface area contributed by atoms with E-state index in [9.17, 15) is 25.2 Å². The lowest BCUT2D eigenvalue weighted by Crippen LogP contribution is -2.68. The van der Waals surface area contributed by atoms with Crippen molar-refractivity contribution in [3.63, 3.8) is 0 Å². The second kappa shape index (κ2) is 7.80. The molecule has 5 heteroatoms. The fourth-order valence-corrected chi connectivity index (χ4v) is 11.0. The molecule has 0 aromatic rings. The molecule has 35 heavy (non-hydrogen) atoms. The lowest BCUT2D eigenvalue weighted by Gasteiger charge is -2.71. The molecule has 0 spiro atoms. The molecular formula is C30H48O5. The van der Waals surface area contributed by atoms with Gasteiger partial charge in [0.2, 0.25) is 0 Å². The molecule has 0 heterocycles. The lowest BCUT2D eigenvalue weighted by atomic mass is 9.33. The van der Waals surface area contributed by atoms with Crippen molar-refractivity contribution < 1.29 is 25.2 Å². The Labute approximate surface area is 211 Å². The van der Waals surface area contributed by atoms with Crippen LogP contribution < -0.4 is 0 Å². The van der Waals surface area contributed by atoms with Crippen LogP contribution in [0.4, 0.5) is 0 Å². The zero-order valence-corrected chi connectivity index (χ0v) is 22.7. The van der Waals surface area contributed by atoms with Crippen LogP contribution in [0.3, 0.4) is 0 Å². The third-order valence-electron chi connectivity index (χ3n) is 13.5. The van der Waals surface area contributed by atoms with E-state index in [4.69, 9.17) is 0 Å². The van der Waals surface area contributed by atoms with Gasteiger partial charge in [-0.15, -0.1) is 0 Å². The Hall–Kier alpha value is -0.910. The Morgan fingerprint density at radius 1 is 1.00 bits per heavy atom. The fraction of sp³-hybridized carbons (Fsp3) is 0.900. The summed E-state index contributed by atoms with van der Waals surface area (Å²) in [6.07, 6.45) is 7.51. The zero-order valence-electron chi connectivity index (χ0n) is 22.7. The molecule has 0 aromatic carbocycles. The Morgan fingerprint density at radius 3 is 2.31 bits per heavy atom. The summed E-state index contributed by atoms with van der Waals surface area (Å²) in [6, 6.07) is 0. The van der Waals surface area contributed by atoms with Crippen LogP contribution in [0.5, 0.6) is 0 Å². The molecule has 12 atom stereocenters. The van der Waals surface area contributed by atoms with Crippen LogP contribution in [0.2, 0.25) is 0 Å². The molecule has 5 nitrogen and oxygen atoms in total. The highest BCUT2D eigenvalue weighted by Gasteiger charge is 2.70. The Balaban J connectivity index is 1.62. The first-order valence-corrected chi connectivity index (χ1v) is 14.1. The molecule has 198 valence electrons. The van der Waals surface area contributed by atoms with Gasteiger partial charge in [0.05, 0.1) is 24.2 Å². The maximum absolute atomic E-state index is 12.8. The van der Waals surface area contributed by atoms with Crippen molar-refractivity contribution in [1.29, 1.82) is 0 Å². The van der Waals surface area contributed by atoms with Crippen LogP contribution >= 0.6 is 0 Å². The summed E-state index contributed by atoms with van der Waals surface area (Å²) in [6.45, 7) is 13.6. The largest absolute Gasteiger partial charge is 0.481 e. The summed E-state index contributed by atoms with van der Waals surface area (Å²) >= 11 is 0. The van der Waals surface area contributed by atoms with E-state index in [0.717, 1.165) is 44.9 Å². The minimum absolute atomic E-state index is 0.00815. The molecule has 5 aliphatic carbocycles. The van der Waals surface area contributed by atoms with Crippen molar-refractivity contribution in [3.05, 3.63) is 11.6 Å². The maximum Gasteiger partial charge on any atom is 0.310 e. The van der Waals surface area contributed by atoms with Crippen molar-refractivity contribution in [1.82, 2.24) is 0 Å². The maximum atomic E-state index is 12.8. The summed E-state index contributed by atoms with van der Waals surface area (Å²) in [4.78, 5) is 12.8. The highest BCUT2D eigenvalue weighted by atomic mass is 16.4. The van der Waals surface area contributed by atoms with Crippen LogP contribution in [0.1, 0.15) is 92.9 Å². The van der Waals surface area contributed by atoms with Gasteiger partial charge in [0.1, 0.15) is 0 Å². The quantitative estimate of drug-likeness (QED) is 0.409. The summed E-state index contributed by atoms with van der Waals surface area (Å²) in [5, 5.41) is 42.9. The van der Waals surface area contributed by atoms with Gasteiger partial charge in [0.15, 0.2) is 0 Å². The van der Waals surface area contributed by atoms with Crippen molar-refractivity contribution >= 4 is 5.97 Å². The molecule has 12 unspecified atom stereocenters. The predicted octanol–water partition coefficient (Wildman–Crippen LogP) is 5.03. The zero-order chi connectivity index (χ0) is 25.8. The number of carboxylic acid groups (broad SMARTS) is 1. The van der Waals surface area contributed by atoms with Crippen molar-refractivity contribution in [2.75, 3.05) is 6.61 Å². The number of carbonyl (C=O) groups is 1. The minimum atomic E-state index is -0.907. The number of allylic oxidation sites excluding steroid dienone is 2. The molecule has 0 saturated heterocycles. The van der Waals surface area contributed by atoms with Crippen LogP contribution in [0, 0.1) is 56.7 Å². The second-order valence-electron chi connectivity index (χ2n) is 14.5. The van der Waals surface area contributed by atoms with E-state index in [-0.39, 0.29) is 34.7 Å². The number of hydrogen-bond acceptors (Lipinski definition) is 4. The molecule has 5 rings (SSSR count). The molecule has 0 radical (unpaired) electrons. The van der Waals surface area contributed by atoms with Gasteiger partial charge in [-0.2, -0.15) is 0 Å². The van der Waals surface area contributed by atoms with Gasteiger partial charge in [0.25, 0.3) is 0 Å². The molecule has 4 N–H and O–H groups in total. The van der Waals surface area contributed by atoms with E-state index in [1.165, 1.54) is 5.57 Å². The Morgan fingerprint density at radius 2 is 1.69 bits per heavy atom. The first-order chi connectivity index (χ1) is 16.2. The van der Waals surface area contributed by atoms with E-state index in [1.54, 1.807) is 0 Å². The molecule has 0 aromatic heterocycles. The Bertz CT molecular complexity index is 930. The standard InChI is InChI=1S/C30H48O5/c1-17-9-12-30(25(34)35)14-13-28(5)19(23(30)18(17)2)7-8-22-26(3)15-20(32)24(33)27(4,16-31)21(26)10-11-29(22,28)6/h7,17-18,20-24,31-33H,8-16H2,1-6H3,(H,34,35). The smallest absolute Gasteiger partial charge is 0.310 e. The van der Waals surface area contributed by atoms with Gasteiger partial charge < -0.3 is 20.4 Å². The van der Waals surface area contributed by atoms with Gasteiger partial charge in [-0.25, -0.2) is 0 Å². The number of aliphatic hydroxyl groups is 3. The summed E-state index contributed by atoms with van der Waals surface area (Å²) in [7, 11) is 0. The van der Waals surface area contributed by atoms with E-state index < -0.39 is 29.0 Å². The van der Waals surface area contributed by atoms with E-state index in [0.29, 0.717) is 24.2 Å². The topological polar surface area (TPSA) is 98.0 Å². The fourth-order valence-electron chi connectivity index (χ4n) is 11.0. The van der Waals surface area contributed by atoms with Gasteiger partial charge >= 0.3 is 5.97 Å². The number of fused-ring (bicyclic) bond motifs is 7. The summed E-state index contributed by atoms with van der Waals surface area (Å²) in [5.41, 5.74) is -0.214. The van der Waals surface area contributed by atoms with Gasteiger partial charge in [0, 0.05) is 5.41 Å². The van der Waals surface area contributed by atoms with Gasteiger partial charge in [-0.05, 0) is 97.2 Å². The highest BCUT2D eigenvalue weighted by Crippen LogP contribution is 2.75. The first kappa shape index (κ1) is 25.7. The van der Waals surface area contributed by atoms with Gasteiger partial charge in [-0.3, -0.25) is 4.79 Å². The normalized spacial score (nSPS) is 57.7. The lowest BCUT2D eigenvalue weighted by molar-refractivity contribution is -0.244. The number of aliphatic hydroxyl groups excluding tert-OH is 3. The summed E-state index contributed by atoms with van der Waals surface area (Å²) < 4.78 is 0. The van der Waals surface area contributed by atoms with Crippen LogP contribution in [-0.2, 0) is 4.79 Å². The predicted molar refractivity (Wildman–Crippen MR) is 135 cm³/mol. The highest BCUT2D eigenvalue weighted by molar-refractivity contribution is 5.76. The molecule has 5 aliphatic rings. The van der Waals surface area contributed by atoms with Gasteiger partial charge in [-0.1, -0.05) is 53.2 Å².